The fraction of sp³-hybridized carbons (Fsp3) is 0.800. The van der Waals surface area contributed by atoms with Gasteiger partial charge in [-0.25, -0.2) is 8.42 Å². The molecule has 0 atom stereocenters. The molecule has 78 valence electrons. The summed E-state index contributed by atoms with van der Waals surface area (Å²) < 4.78 is 56.1. The summed E-state index contributed by atoms with van der Waals surface area (Å²) in [4.78, 5) is 10.2. The van der Waals surface area contributed by atoms with Gasteiger partial charge >= 0.3 is 6.18 Å². The van der Waals surface area contributed by atoms with Crippen LogP contribution < -0.4 is 5.73 Å². The van der Waals surface area contributed by atoms with Crippen LogP contribution in [0, 0.1) is 0 Å². The van der Waals surface area contributed by atoms with Crippen LogP contribution in [-0.4, -0.2) is 38.4 Å². The van der Waals surface area contributed by atoms with Crippen LogP contribution in [0.25, 0.3) is 0 Å². The molecule has 0 rings (SSSR count). The van der Waals surface area contributed by atoms with Gasteiger partial charge in [-0.2, -0.15) is 13.2 Å². The lowest BCUT2D eigenvalue weighted by Crippen LogP contribution is -2.32. The third-order valence-electron chi connectivity index (χ3n) is 1.10. The van der Waals surface area contributed by atoms with E-state index in [0.29, 0.717) is 0 Å². The minimum absolute atomic E-state index is 0.298. The lowest BCUT2D eigenvalue weighted by Gasteiger charge is -2.04. The Hall–Kier alpha value is -0.630. The molecule has 0 fully saturated rings. The van der Waals surface area contributed by atoms with Crippen LogP contribution in [0.2, 0.25) is 0 Å². The van der Waals surface area contributed by atoms with E-state index in [-0.39, 0.29) is 6.54 Å². The van der Waals surface area contributed by atoms with E-state index >= 15 is 0 Å². The first kappa shape index (κ1) is 12.4. The van der Waals surface area contributed by atoms with Crippen molar-refractivity contribution in [2.45, 2.75) is 6.18 Å². The Morgan fingerprint density at radius 1 is 1.31 bits per heavy atom. The van der Waals surface area contributed by atoms with Crippen molar-refractivity contribution in [3.63, 3.8) is 0 Å². The number of Topliss-reactive ketones (excluding diaryl/α,β-unsaturated/α-hetero) is 1. The number of ketones is 1. The summed E-state index contributed by atoms with van der Waals surface area (Å²) in [5.41, 5.74) is 4.83. The molecule has 0 saturated carbocycles. The standard InChI is InChI=1S/C5H8F3NO3S/c6-5(7,8)4(10)3-13(11,12)2-1-9/h1-3,9H2. The highest BCUT2D eigenvalue weighted by atomic mass is 32.2. The number of hydrogen-bond acceptors (Lipinski definition) is 4. The highest BCUT2D eigenvalue weighted by molar-refractivity contribution is 7.92. The zero-order valence-corrected chi connectivity index (χ0v) is 7.28. The summed E-state index contributed by atoms with van der Waals surface area (Å²) >= 11 is 0. The molecule has 8 heteroatoms. The Labute approximate surface area is 72.8 Å². The predicted octanol–water partition coefficient (Wildman–Crippen LogP) is -0.509. The molecule has 0 aliphatic heterocycles. The van der Waals surface area contributed by atoms with E-state index in [1.165, 1.54) is 0 Å². The van der Waals surface area contributed by atoms with Gasteiger partial charge in [0.2, 0.25) is 0 Å². The summed E-state index contributed by atoms with van der Waals surface area (Å²) in [6.45, 7) is -0.298. The Balaban J connectivity index is 4.39. The van der Waals surface area contributed by atoms with Gasteiger partial charge in [0.05, 0.1) is 5.75 Å². The molecule has 0 aromatic heterocycles. The van der Waals surface area contributed by atoms with E-state index in [9.17, 15) is 26.4 Å². The molecule has 0 aromatic carbocycles. The molecule has 2 N–H and O–H groups in total. The number of nitrogens with two attached hydrogens (primary N) is 1. The molecule has 0 aliphatic rings. The lowest BCUT2D eigenvalue weighted by atomic mass is 10.4. The zero-order valence-electron chi connectivity index (χ0n) is 6.47. The second kappa shape index (κ2) is 4.05. The highest BCUT2D eigenvalue weighted by Gasteiger charge is 2.40. The molecule has 4 nitrogen and oxygen atoms in total. The lowest BCUT2D eigenvalue weighted by molar-refractivity contribution is -0.168. The number of carbonyl (C=O) groups is 1. The molecule has 0 amide bonds. The Morgan fingerprint density at radius 3 is 2.08 bits per heavy atom. The molecular weight excluding hydrogens is 211 g/mol. The van der Waals surface area contributed by atoms with Gasteiger partial charge in [-0.15, -0.1) is 0 Å². The Kier molecular flexibility index (Phi) is 3.86. The highest BCUT2D eigenvalue weighted by Crippen LogP contribution is 2.16. The summed E-state index contributed by atoms with van der Waals surface area (Å²) in [7, 11) is -4.01. The molecule has 0 radical (unpaired) electrons. The average molecular weight is 219 g/mol. The van der Waals surface area contributed by atoms with Gasteiger partial charge in [-0.1, -0.05) is 0 Å². The van der Waals surface area contributed by atoms with Gasteiger partial charge < -0.3 is 5.73 Å². The van der Waals surface area contributed by atoms with E-state index in [1.54, 1.807) is 0 Å². The molecule has 13 heavy (non-hydrogen) atoms. The molecule has 0 heterocycles. The summed E-state index contributed by atoms with van der Waals surface area (Å²) in [6.07, 6.45) is -5.10. The first-order valence-electron chi connectivity index (χ1n) is 3.19. The van der Waals surface area contributed by atoms with Crippen molar-refractivity contribution < 1.29 is 26.4 Å². The number of halogens is 3. The van der Waals surface area contributed by atoms with Gasteiger partial charge in [-0.3, -0.25) is 4.79 Å². The quantitative estimate of drug-likeness (QED) is 0.690. The average Bonchev–Trinajstić information content (AvgIpc) is 1.83. The van der Waals surface area contributed by atoms with Gasteiger partial charge in [-0.05, 0) is 0 Å². The normalized spacial score (nSPS) is 12.9. The van der Waals surface area contributed by atoms with Crippen molar-refractivity contribution in [3.8, 4) is 0 Å². The van der Waals surface area contributed by atoms with Gasteiger partial charge in [0.1, 0.15) is 5.75 Å². The summed E-state index contributed by atoms with van der Waals surface area (Å²) in [5.74, 6) is -4.40. The monoisotopic (exact) mass is 219 g/mol. The van der Waals surface area contributed by atoms with Crippen LogP contribution in [0.5, 0.6) is 0 Å². The van der Waals surface area contributed by atoms with Crippen LogP contribution in [0.1, 0.15) is 0 Å². The topological polar surface area (TPSA) is 77.2 Å². The van der Waals surface area contributed by atoms with Crippen molar-refractivity contribution in [1.82, 2.24) is 0 Å². The number of hydrogen-bond donors (Lipinski definition) is 1. The van der Waals surface area contributed by atoms with E-state index in [1.807, 2.05) is 0 Å². The zero-order chi connectivity index (χ0) is 10.7. The second-order valence-electron chi connectivity index (χ2n) is 2.30. The third-order valence-corrected chi connectivity index (χ3v) is 2.66. The maximum absolute atomic E-state index is 11.6. The van der Waals surface area contributed by atoms with E-state index in [0.717, 1.165) is 0 Å². The van der Waals surface area contributed by atoms with Crippen LogP contribution in [-0.2, 0) is 14.6 Å². The van der Waals surface area contributed by atoms with Crippen LogP contribution in [0.4, 0.5) is 13.2 Å². The SMILES string of the molecule is NCCS(=O)(=O)CC(=O)C(F)(F)F. The van der Waals surface area contributed by atoms with E-state index < -0.39 is 33.3 Å². The van der Waals surface area contributed by atoms with E-state index in [2.05, 4.69) is 0 Å². The predicted molar refractivity (Wildman–Crippen MR) is 38.8 cm³/mol. The van der Waals surface area contributed by atoms with Crippen molar-refractivity contribution in [1.29, 1.82) is 0 Å². The number of carbonyl (C=O) groups excluding carboxylic acids is 1. The fourth-order valence-corrected chi connectivity index (χ4v) is 1.60. The molecule has 0 unspecified atom stereocenters. The summed E-state index contributed by atoms with van der Waals surface area (Å²) in [6, 6.07) is 0. The molecule has 0 spiro atoms. The van der Waals surface area contributed by atoms with Gasteiger partial charge in [0, 0.05) is 6.54 Å². The molecule has 0 bridgehead atoms. The molecule has 0 saturated heterocycles. The minimum atomic E-state index is -5.10. The fourth-order valence-electron chi connectivity index (χ4n) is 0.533. The molecule has 0 aliphatic carbocycles. The maximum atomic E-state index is 11.6. The van der Waals surface area contributed by atoms with E-state index in [4.69, 9.17) is 5.73 Å². The van der Waals surface area contributed by atoms with Crippen molar-refractivity contribution in [3.05, 3.63) is 0 Å². The summed E-state index contributed by atoms with van der Waals surface area (Å²) in [5, 5.41) is 0. The van der Waals surface area contributed by atoms with Crippen molar-refractivity contribution in [2.24, 2.45) is 5.73 Å². The van der Waals surface area contributed by atoms with Crippen molar-refractivity contribution >= 4 is 15.6 Å². The van der Waals surface area contributed by atoms with Crippen LogP contribution >= 0.6 is 0 Å². The minimum Gasteiger partial charge on any atom is -0.329 e. The first-order chi connectivity index (χ1) is 5.69. The largest absolute Gasteiger partial charge is 0.451 e. The second-order valence-corrected chi connectivity index (χ2v) is 4.49. The Bertz CT molecular complexity index is 282. The van der Waals surface area contributed by atoms with Gasteiger partial charge in [0.15, 0.2) is 9.84 Å². The Morgan fingerprint density at radius 2 is 1.77 bits per heavy atom. The first-order valence-corrected chi connectivity index (χ1v) is 5.01. The smallest absolute Gasteiger partial charge is 0.329 e. The number of sulfone groups is 1. The number of rotatable bonds is 4. The number of alkyl halides is 3. The van der Waals surface area contributed by atoms with Crippen LogP contribution in [0.15, 0.2) is 0 Å². The maximum Gasteiger partial charge on any atom is 0.451 e. The third kappa shape index (κ3) is 4.83. The van der Waals surface area contributed by atoms with Crippen LogP contribution in [0.3, 0.4) is 0 Å². The van der Waals surface area contributed by atoms with Gasteiger partial charge in [0.25, 0.3) is 5.78 Å². The van der Waals surface area contributed by atoms with Crippen molar-refractivity contribution in [2.75, 3.05) is 18.1 Å². The molecule has 0 aromatic rings. The molecular formula is C5H8F3NO3S.